The Hall–Kier alpha value is -2.60. The van der Waals surface area contributed by atoms with E-state index in [1.165, 1.54) is 25.5 Å². The number of hydrogen-bond acceptors (Lipinski definition) is 5. The maximum atomic E-state index is 10.9. The van der Waals surface area contributed by atoms with Crippen molar-refractivity contribution in [3.63, 3.8) is 0 Å². The van der Waals surface area contributed by atoms with Crippen LogP contribution in [0.5, 0.6) is 11.5 Å². The van der Waals surface area contributed by atoms with Crippen LogP contribution in [-0.2, 0) is 0 Å². The number of aliphatic imine (C=N–C) groups is 1. The van der Waals surface area contributed by atoms with E-state index in [2.05, 4.69) is 4.99 Å². The topological polar surface area (TPSA) is 74.0 Å². The van der Waals surface area contributed by atoms with Gasteiger partial charge in [0.25, 0.3) is 5.69 Å². The van der Waals surface area contributed by atoms with Crippen molar-refractivity contribution >= 4 is 29.2 Å². The van der Waals surface area contributed by atoms with Crippen LogP contribution in [0.3, 0.4) is 0 Å². The molecule has 0 aliphatic rings. The minimum absolute atomic E-state index is 0.0844. The third-order valence-electron chi connectivity index (χ3n) is 2.91. The lowest BCUT2D eigenvalue weighted by Gasteiger charge is -2.06. The predicted octanol–water partition coefficient (Wildman–Crippen LogP) is 4.02. The highest BCUT2D eigenvalue weighted by atomic mass is 35.5. The first-order valence-corrected chi connectivity index (χ1v) is 6.63. The summed E-state index contributed by atoms with van der Waals surface area (Å²) < 4.78 is 10.4. The van der Waals surface area contributed by atoms with Crippen LogP contribution < -0.4 is 9.47 Å². The number of ether oxygens (including phenoxy) is 2. The Kier molecular flexibility index (Phi) is 4.95. The van der Waals surface area contributed by atoms with Crippen molar-refractivity contribution in [3.05, 3.63) is 57.1 Å². The molecule has 2 aromatic rings. The zero-order valence-corrected chi connectivity index (χ0v) is 12.7. The van der Waals surface area contributed by atoms with Crippen molar-refractivity contribution in [3.8, 4) is 11.5 Å². The van der Waals surface area contributed by atoms with Crippen molar-refractivity contribution < 1.29 is 14.4 Å². The highest BCUT2D eigenvalue weighted by molar-refractivity contribution is 6.32. The molecule has 0 heterocycles. The molecule has 0 fully saturated rings. The second kappa shape index (κ2) is 6.91. The molecule has 0 aromatic heterocycles. The SMILES string of the molecule is COc1ccc(OC)c(N=Cc2ccc(Cl)c([N+](=O)[O-])c2)c1. The van der Waals surface area contributed by atoms with Crippen LogP contribution in [0.4, 0.5) is 11.4 Å². The molecule has 0 radical (unpaired) electrons. The van der Waals surface area contributed by atoms with Crippen LogP contribution in [0.25, 0.3) is 0 Å². The monoisotopic (exact) mass is 320 g/mol. The van der Waals surface area contributed by atoms with Crippen LogP contribution in [0, 0.1) is 10.1 Å². The van der Waals surface area contributed by atoms with Gasteiger partial charge in [-0.15, -0.1) is 0 Å². The average Bonchev–Trinajstić information content (AvgIpc) is 2.53. The number of nitro benzene ring substituents is 1. The fourth-order valence-electron chi connectivity index (χ4n) is 1.79. The quantitative estimate of drug-likeness (QED) is 0.474. The molecule has 2 aromatic carbocycles. The summed E-state index contributed by atoms with van der Waals surface area (Å²) in [5, 5.41) is 11.0. The van der Waals surface area contributed by atoms with Crippen molar-refractivity contribution in [2.24, 2.45) is 4.99 Å². The molecule has 7 heteroatoms. The third-order valence-corrected chi connectivity index (χ3v) is 3.23. The molecule has 0 bridgehead atoms. The number of nitro groups is 1. The van der Waals surface area contributed by atoms with Crippen molar-refractivity contribution in [1.82, 2.24) is 0 Å². The lowest BCUT2D eigenvalue weighted by Crippen LogP contribution is -1.91. The Bertz CT molecular complexity index is 731. The van der Waals surface area contributed by atoms with Crippen LogP contribution in [0.2, 0.25) is 5.02 Å². The zero-order chi connectivity index (χ0) is 16.1. The standard InChI is InChI=1S/C15H13ClN2O4/c1-21-11-4-6-15(22-2)13(8-11)17-9-10-3-5-12(16)14(7-10)18(19)20/h3-9H,1-2H3. The van der Waals surface area contributed by atoms with Gasteiger partial charge in [-0.1, -0.05) is 17.7 Å². The van der Waals surface area contributed by atoms with E-state index in [9.17, 15) is 10.1 Å². The second-order valence-corrected chi connectivity index (χ2v) is 4.67. The van der Waals surface area contributed by atoms with E-state index in [1.54, 1.807) is 31.4 Å². The van der Waals surface area contributed by atoms with E-state index in [0.717, 1.165) is 0 Å². The van der Waals surface area contributed by atoms with E-state index in [0.29, 0.717) is 22.7 Å². The summed E-state index contributed by atoms with van der Waals surface area (Å²) in [6.07, 6.45) is 1.50. The average molecular weight is 321 g/mol. The van der Waals surface area contributed by atoms with Gasteiger partial charge in [0, 0.05) is 18.3 Å². The number of hydrogen-bond donors (Lipinski definition) is 0. The van der Waals surface area contributed by atoms with E-state index in [-0.39, 0.29) is 10.7 Å². The van der Waals surface area contributed by atoms with Gasteiger partial charge in [0.1, 0.15) is 22.2 Å². The van der Waals surface area contributed by atoms with Crippen molar-refractivity contribution in [1.29, 1.82) is 0 Å². The van der Waals surface area contributed by atoms with Crippen molar-refractivity contribution in [2.75, 3.05) is 14.2 Å². The molecular formula is C15H13ClN2O4. The van der Waals surface area contributed by atoms with Crippen molar-refractivity contribution in [2.45, 2.75) is 0 Å². The Morgan fingerprint density at radius 1 is 1.18 bits per heavy atom. The first kappa shape index (κ1) is 15.8. The molecule has 0 amide bonds. The lowest BCUT2D eigenvalue weighted by molar-refractivity contribution is -0.384. The largest absolute Gasteiger partial charge is 0.497 e. The number of nitrogens with zero attached hydrogens (tertiary/aromatic N) is 2. The first-order chi connectivity index (χ1) is 10.5. The van der Waals surface area contributed by atoms with E-state index >= 15 is 0 Å². The Morgan fingerprint density at radius 3 is 2.59 bits per heavy atom. The normalized spacial score (nSPS) is 10.7. The van der Waals surface area contributed by atoms with E-state index in [4.69, 9.17) is 21.1 Å². The predicted molar refractivity (Wildman–Crippen MR) is 84.9 cm³/mol. The summed E-state index contributed by atoms with van der Waals surface area (Å²) >= 11 is 5.77. The lowest BCUT2D eigenvalue weighted by atomic mass is 10.2. The number of rotatable bonds is 5. The molecule has 0 spiro atoms. The first-order valence-electron chi connectivity index (χ1n) is 6.25. The Balaban J connectivity index is 2.36. The molecule has 0 atom stereocenters. The van der Waals surface area contributed by atoms with Crippen LogP contribution in [0.15, 0.2) is 41.4 Å². The Labute approximate surface area is 132 Å². The molecular weight excluding hydrogens is 308 g/mol. The highest BCUT2D eigenvalue weighted by Gasteiger charge is 2.12. The maximum absolute atomic E-state index is 10.9. The molecule has 0 aliphatic carbocycles. The third kappa shape index (κ3) is 3.53. The van der Waals surface area contributed by atoms with Crippen LogP contribution in [-0.4, -0.2) is 25.4 Å². The summed E-state index contributed by atoms with van der Waals surface area (Å²) in [4.78, 5) is 14.6. The van der Waals surface area contributed by atoms with Gasteiger partial charge in [0.15, 0.2) is 0 Å². The molecule has 22 heavy (non-hydrogen) atoms. The number of methoxy groups -OCH3 is 2. The minimum Gasteiger partial charge on any atom is -0.497 e. The van der Waals surface area contributed by atoms with Gasteiger partial charge in [-0.3, -0.25) is 15.1 Å². The zero-order valence-electron chi connectivity index (χ0n) is 11.9. The molecule has 114 valence electrons. The molecule has 0 saturated carbocycles. The van der Waals surface area contributed by atoms with E-state index in [1.807, 2.05) is 0 Å². The summed E-state index contributed by atoms with van der Waals surface area (Å²) in [6, 6.07) is 9.66. The minimum atomic E-state index is -0.536. The smallest absolute Gasteiger partial charge is 0.288 e. The van der Waals surface area contributed by atoms with Gasteiger partial charge in [-0.2, -0.15) is 0 Å². The Morgan fingerprint density at radius 2 is 1.95 bits per heavy atom. The molecule has 6 nitrogen and oxygen atoms in total. The summed E-state index contributed by atoms with van der Waals surface area (Å²) in [5.41, 5.74) is 0.948. The molecule has 0 aliphatic heterocycles. The second-order valence-electron chi connectivity index (χ2n) is 4.26. The van der Waals surface area contributed by atoms with Crippen LogP contribution >= 0.6 is 11.6 Å². The molecule has 0 N–H and O–H groups in total. The van der Waals surface area contributed by atoms with Gasteiger partial charge in [-0.25, -0.2) is 0 Å². The number of benzene rings is 2. The van der Waals surface area contributed by atoms with Gasteiger partial charge in [0.2, 0.25) is 0 Å². The van der Waals surface area contributed by atoms with Gasteiger partial charge in [-0.05, 0) is 23.8 Å². The molecule has 0 saturated heterocycles. The number of halogens is 1. The highest BCUT2D eigenvalue weighted by Crippen LogP contribution is 2.31. The fourth-order valence-corrected chi connectivity index (χ4v) is 1.98. The maximum Gasteiger partial charge on any atom is 0.288 e. The van der Waals surface area contributed by atoms with Crippen LogP contribution in [0.1, 0.15) is 5.56 Å². The van der Waals surface area contributed by atoms with E-state index < -0.39 is 4.92 Å². The van der Waals surface area contributed by atoms with Gasteiger partial charge < -0.3 is 9.47 Å². The van der Waals surface area contributed by atoms with Gasteiger partial charge in [0.05, 0.1) is 19.1 Å². The fraction of sp³-hybridized carbons (Fsp3) is 0.133. The summed E-state index contributed by atoms with van der Waals surface area (Å²) in [6.45, 7) is 0. The molecule has 0 unspecified atom stereocenters. The summed E-state index contributed by atoms with van der Waals surface area (Å²) in [5.74, 6) is 1.20. The molecule has 2 rings (SSSR count). The summed E-state index contributed by atoms with van der Waals surface area (Å²) in [7, 11) is 3.09. The van der Waals surface area contributed by atoms with Gasteiger partial charge >= 0.3 is 0 Å².